The molecule has 4 rings (SSSR count). The lowest BCUT2D eigenvalue weighted by molar-refractivity contribution is -0.128. The summed E-state index contributed by atoms with van der Waals surface area (Å²) in [6.07, 6.45) is 3.66. The Morgan fingerprint density at radius 1 is 1.03 bits per heavy atom. The lowest BCUT2D eigenvalue weighted by atomic mass is 10.1. The average molecular weight is 387 g/mol. The molecule has 2 heterocycles. The Hall–Kier alpha value is -3.67. The predicted molar refractivity (Wildman–Crippen MR) is 109 cm³/mol. The molecule has 1 aliphatic rings. The highest BCUT2D eigenvalue weighted by molar-refractivity contribution is 5.97. The number of hydrogen-bond acceptors (Lipinski definition) is 4. The van der Waals surface area contributed by atoms with E-state index in [1.807, 2.05) is 42.5 Å². The molecule has 1 unspecified atom stereocenters. The second-order valence-corrected chi connectivity index (χ2v) is 6.97. The zero-order chi connectivity index (χ0) is 20.1. The van der Waals surface area contributed by atoms with E-state index in [1.165, 1.54) is 0 Å². The van der Waals surface area contributed by atoms with Gasteiger partial charge in [0.2, 0.25) is 11.8 Å². The Kier molecular flexibility index (Phi) is 5.52. The van der Waals surface area contributed by atoms with Crippen LogP contribution in [0.3, 0.4) is 0 Å². The van der Waals surface area contributed by atoms with E-state index >= 15 is 0 Å². The maximum Gasteiger partial charge on any atom is 0.229 e. The number of amides is 2. The van der Waals surface area contributed by atoms with Gasteiger partial charge in [0, 0.05) is 37.6 Å². The molecule has 0 saturated carbocycles. The maximum absolute atomic E-state index is 12.6. The van der Waals surface area contributed by atoms with Crippen LogP contribution >= 0.6 is 0 Å². The minimum absolute atomic E-state index is 0.0133. The first-order valence-corrected chi connectivity index (χ1v) is 9.48. The molecular weight excluding hydrogens is 366 g/mol. The molecule has 0 radical (unpaired) electrons. The second kappa shape index (κ2) is 8.56. The number of pyridine rings is 1. The average Bonchev–Trinajstić information content (AvgIpc) is 3.11. The molecule has 2 aromatic carbocycles. The van der Waals surface area contributed by atoms with Crippen molar-refractivity contribution >= 4 is 17.5 Å². The third-order valence-corrected chi connectivity index (χ3v) is 4.78. The molecule has 146 valence electrons. The SMILES string of the molecule is O=C(Nc1ccc(Oc2ccccc2)cc1)C1CC(=O)N(Cc2cccnc2)C1. The number of carbonyl (C=O) groups excluding carboxylic acids is 2. The van der Waals surface area contributed by atoms with Crippen molar-refractivity contribution < 1.29 is 14.3 Å². The first-order valence-electron chi connectivity index (χ1n) is 9.48. The van der Waals surface area contributed by atoms with Crippen molar-refractivity contribution in [2.75, 3.05) is 11.9 Å². The van der Waals surface area contributed by atoms with Gasteiger partial charge in [-0.2, -0.15) is 0 Å². The fourth-order valence-electron chi connectivity index (χ4n) is 3.29. The van der Waals surface area contributed by atoms with Crippen LogP contribution in [0.1, 0.15) is 12.0 Å². The summed E-state index contributed by atoms with van der Waals surface area (Å²) >= 11 is 0. The van der Waals surface area contributed by atoms with Gasteiger partial charge in [0.1, 0.15) is 11.5 Å². The van der Waals surface area contributed by atoms with Crippen LogP contribution in [0.25, 0.3) is 0 Å². The summed E-state index contributed by atoms with van der Waals surface area (Å²) in [6, 6.07) is 20.5. The molecule has 0 spiro atoms. The Bertz CT molecular complexity index is 975. The van der Waals surface area contributed by atoms with Crippen LogP contribution < -0.4 is 10.1 Å². The smallest absolute Gasteiger partial charge is 0.229 e. The Morgan fingerprint density at radius 2 is 1.79 bits per heavy atom. The van der Waals surface area contributed by atoms with Crippen LogP contribution in [-0.4, -0.2) is 28.2 Å². The normalized spacial score (nSPS) is 15.9. The number of rotatable bonds is 6. The third-order valence-electron chi connectivity index (χ3n) is 4.78. The summed E-state index contributed by atoms with van der Waals surface area (Å²) in [5.74, 6) is 0.916. The monoisotopic (exact) mass is 387 g/mol. The number of benzene rings is 2. The number of nitrogens with one attached hydrogen (secondary N) is 1. The van der Waals surface area contributed by atoms with Gasteiger partial charge in [0.05, 0.1) is 5.92 Å². The van der Waals surface area contributed by atoms with E-state index in [9.17, 15) is 9.59 Å². The van der Waals surface area contributed by atoms with Gasteiger partial charge in [-0.3, -0.25) is 14.6 Å². The number of aromatic nitrogens is 1. The van der Waals surface area contributed by atoms with Gasteiger partial charge in [-0.05, 0) is 48.0 Å². The van der Waals surface area contributed by atoms with Gasteiger partial charge < -0.3 is 15.0 Å². The summed E-state index contributed by atoms with van der Waals surface area (Å²) in [6.45, 7) is 0.886. The van der Waals surface area contributed by atoms with E-state index in [1.54, 1.807) is 41.6 Å². The van der Waals surface area contributed by atoms with E-state index in [0.29, 0.717) is 24.5 Å². The highest BCUT2D eigenvalue weighted by Crippen LogP contribution is 2.25. The highest BCUT2D eigenvalue weighted by Gasteiger charge is 2.34. The van der Waals surface area contributed by atoms with Crippen LogP contribution in [0, 0.1) is 5.92 Å². The lowest BCUT2D eigenvalue weighted by Gasteiger charge is -2.16. The minimum Gasteiger partial charge on any atom is -0.457 e. The Balaban J connectivity index is 1.33. The van der Waals surface area contributed by atoms with Crippen LogP contribution in [-0.2, 0) is 16.1 Å². The van der Waals surface area contributed by atoms with Crippen LogP contribution in [0.4, 0.5) is 5.69 Å². The van der Waals surface area contributed by atoms with Crippen LogP contribution in [0.2, 0.25) is 0 Å². The quantitative estimate of drug-likeness (QED) is 0.697. The zero-order valence-electron chi connectivity index (χ0n) is 15.8. The molecule has 0 bridgehead atoms. The number of para-hydroxylation sites is 1. The van der Waals surface area contributed by atoms with Crippen molar-refractivity contribution in [3.8, 4) is 11.5 Å². The number of anilines is 1. The Labute approximate surface area is 169 Å². The topological polar surface area (TPSA) is 71.5 Å². The van der Waals surface area contributed by atoms with Crippen molar-refractivity contribution in [1.82, 2.24) is 9.88 Å². The van der Waals surface area contributed by atoms with Gasteiger partial charge in [0.25, 0.3) is 0 Å². The molecule has 1 fully saturated rings. The predicted octanol–water partition coefficient (Wildman–Crippen LogP) is 3.86. The van der Waals surface area contributed by atoms with Crippen molar-refractivity contribution in [3.63, 3.8) is 0 Å². The fraction of sp³-hybridized carbons (Fsp3) is 0.174. The van der Waals surface area contributed by atoms with Gasteiger partial charge in [-0.15, -0.1) is 0 Å². The minimum atomic E-state index is -0.362. The summed E-state index contributed by atoms with van der Waals surface area (Å²) in [4.78, 5) is 30.6. The van der Waals surface area contributed by atoms with E-state index in [2.05, 4.69) is 10.3 Å². The molecule has 1 N–H and O–H groups in total. The van der Waals surface area contributed by atoms with Gasteiger partial charge in [-0.25, -0.2) is 0 Å². The molecule has 3 aromatic rings. The van der Waals surface area contributed by atoms with Crippen LogP contribution in [0.15, 0.2) is 79.1 Å². The molecule has 6 nitrogen and oxygen atoms in total. The number of nitrogens with zero attached hydrogens (tertiary/aromatic N) is 2. The van der Waals surface area contributed by atoms with Crippen molar-refractivity contribution in [2.45, 2.75) is 13.0 Å². The molecule has 1 aromatic heterocycles. The first kappa shape index (κ1) is 18.7. The Morgan fingerprint density at radius 3 is 2.52 bits per heavy atom. The van der Waals surface area contributed by atoms with E-state index in [4.69, 9.17) is 4.74 Å². The van der Waals surface area contributed by atoms with Gasteiger partial charge in [-0.1, -0.05) is 24.3 Å². The lowest BCUT2D eigenvalue weighted by Crippen LogP contribution is -2.28. The number of hydrogen-bond donors (Lipinski definition) is 1. The highest BCUT2D eigenvalue weighted by atomic mass is 16.5. The van der Waals surface area contributed by atoms with E-state index in [-0.39, 0.29) is 24.2 Å². The number of ether oxygens (including phenoxy) is 1. The van der Waals surface area contributed by atoms with Crippen molar-refractivity contribution in [2.24, 2.45) is 5.92 Å². The summed E-state index contributed by atoms with van der Waals surface area (Å²) in [7, 11) is 0. The summed E-state index contributed by atoms with van der Waals surface area (Å²) in [5.41, 5.74) is 1.63. The van der Waals surface area contributed by atoms with Crippen LogP contribution in [0.5, 0.6) is 11.5 Å². The van der Waals surface area contributed by atoms with E-state index in [0.717, 1.165) is 11.3 Å². The van der Waals surface area contributed by atoms with Gasteiger partial charge in [0.15, 0.2) is 0 Å². The molecule has 1 aliphatic heterocycles. The molecular formula is C23H21N3O3. The summed E-state index contributed by atoms with van der Waals surface area (Å²) < 4.78 is 5.75. The molecule has 6 heteroatoms. The first-order chi connectivity index (χ1) is 14.2. The fourth-order valence-corrected chi connectivity index (χ4v) is 3.29. The largest absolute Gasteiger partial charge is 0.457 e. The second-order valence-electron chi connectivity index (χ2n) is 6.97. The molecule has 29 heavy (non-hydrogen) atoms. The number of likely N-dealkylation sites (tertiary alicyclic amines) is 1. The number of carbonyl (C=O) groups is 2. The molecule has 1 saturated heterocycles. The maximum atomic E-state index is 12.6. The molecule has 0 aliphatic carbocycles. The van der Waals surface area contributed by atoms with Crippen molar-refractivity contribution in [3.05, 3.63) is 84.7 Å². The molecule has 1 atom stereocenters. The molecule has 2 amide bonds. The van der Waals surface area contributed by atoms with Gasteiger partial charge >= 0.3 is 0 Å². The zero-order valence-corrected chi connectivity index (χ0v) is 15.8. The standard InChI is InChI=1S/C23H21N3O3/c27-22-13-18(16-26(22)15-17-5-4-12-24-14-17)23(28)25-19-8-10-21(11-9-19)29-20-6-2-1-3-7-20/h1-12,14,18H,13,15-16H2,(H,25,28). The summed E-state index contributed by atoms with van der Waals surface area (Å²) in [5, 5.41) is 2.89. The van der Waals surface area contributed by atoms with Crippen molar-refractivity contribution in [1.29, 1.82) is 0 Å². The third kappa shape index (κ3) is 4.79. The van der Waals surface area contributed by atoms with E-state index < -0.39 is 0 Å².